The number of carbonyl (C=O) groups is 1. The van der Waals surface area contributed by atoms with E-state index in [1.54, 1.807) is 0 Å². The van der Waals surface area contributed by atoms with Gasteiger partial charge < -0.3 is 0 Å². The van der Waals surface area contributed by atoms with E-state index in [1.165, 1.54) is 25.7 Å². The van der Waals surface area contributed by atoms with E-state index in [0.717, 1.165) is 27.1 Å². The molecular formula is C14H17BrOS. The highest BCUT2D eigenvalue weighted by Gasteiger charge is 2.20. The Hall–Kier alpha value is -0.280. The summed E-state index contributed by atoms with van der Waals surface area (Å²) >= 11 is 5.28. The smallest absolute Gasteiger partial charge is 0.151 e. The highest BCUT2D eigenvalue weighted by molar-refractivity contribution is 9.10. The van der Waals surface area contributed by atoms with Crippen molar-refractivity contribution in [1.82, 2.24) is 0 Å². The van der Waals surface area contributed by atoms with Gasteiger partial charge in [-0.05, 0) is 37.0 Å². The van der Waals surface area contributed by atoms with Crippen molar-refractivity contribution in [1.29, 1.82) is 0 Å². The number of aldehydes is 1. The predicted molar refractivity (Wildman–Crippen MR) is 76.8 cm³/mol. The third-order valence-electron chi connectivity index (χ3n) is 3.28. The van der Waals surface area contributed by atoms with Crippen LogP contribution in [0.15, 0.2) is 27.6 Å². The van der Waals surface area contributed by atoms with E-state index in [0.29, 0.717) is 5.25 Å². The summed E-state index contributed by atoms with van der Waals surface area (Å²) in [7, 11) is 0. The largest absolute Gasteiger partial charge is 0.298 e. The molecule has 2 rings (SSSR count). The second-order valence-corrected chi connectivity index (χ2v) is 7.07. The molecule has 1 aliphatic rings. The maximum atomic E-state index is 11.1. The molecule has 1 aromatic rings. The third-order valence-corrected chi connectivity index (χ3v) is 5.16. The fourth-order valence-electron chi connectivity index (χ4n) is 2.38. The summed E-state index contributed by atoms with van der Waals surface area (Å²) in [5.74, 6) is 0.830. The normalized spacial score (nSPS) is 24.6. The summed E-state index contributed by atoms with van der Waals surface area (Å²) in [6.07, 6.45) is 6.20. The maximum absolute atomic E-state index is 11.1. The highest BCUT2D eigenvalue weighted by atomic mass is 79.9. The molecule has 92 valence electrons. The molecule has 0 spiro atoms. The molecule has 1 saturated carbocycles. The second kappa shape index (κ2) is 6.05. The Morgan fingerprint density at radius 2 is 2.24 bits per heavy atom. The SMILES string of the molecule is CC1CCCC(Sc2ccc(Br)cc2C=O)C1. The minimum absolute atomic E-state index is 0.679. The van der Waals surface area contributed by atoms with Gasteiger partial charge in [0.15, 0.2) is 6.29 Å². The van der Waals surface area contributed by atoms with Gasteiger partial charge in [0.05, 0.1) is 0 Å². The van der Waals surface area contributed by atoms with Crippen molar-refractivity contribution >= 4 is 34.0 Å². The summed E-state index contributed by atoms with van der Waals surface area (Å²) in [6, 6.07) is 5.97. The highest BCUT2D eigenvalue weighted by Crippen LogP contribution is 2.37. The average Bonchev–Trinajstić information content (AvgIpc) is 2.31. The predicted octanol–water partition coefficient (Wildman–Crippen LogP) is 4.93. The number of thioether (sulfide) groups is 1. The molecule has 0 radical (unpaired) electrons. The summed E-state index contributed by atoms with van der Waals surface area (Å²) in [5, 5.41) is 0.679. The van der Waals surface area contributed by atoms with Crippen molar-refractivity contribution in [3.05, 3.63) is 28.2 Å². The van der Waals surface area contributed by atoms with Crippen molar-refractivity contribution in [3.8, 4) is 0 Å². The Morgan fingerprint density at radius 3 is 2.94 bits per heavy atom. The van der Waals surface area contributed by atoms with Gasteiger partial charge in [0.25, 0.3) is 0 Å². The first kappa shape index (κ1) is 13.2. The van der Waals surface area contributed by atoms with Crippen molar-refractivity contribution in [3.63, 3.8) is 0 Å². The van der Waals surface area contributed by atoms with Gasteiger partial charge in [0.2, 0.25) is 0 Å². The van der Waals surface area contributed by atoms with Crippen LogP contribution in [-0.4, -0.2) is 11.5 Å². The lowest BCUT2D eigenvalue weighted by molar-refractivity contribution is 0.112. The van der Waals surface area contributed by atoms with Gasteiger partial charge >= 0.3 is 0 Å². The molecule has 0 aliphatic heterocycles. The minimum Gasteiger partial charge on any atom is -0.298 e. The number of carbonyl (C=O) groups excluding carboxylic acids is 1. The van der Waals surface area contributed by atoms with Crippen LogP contribution >= 0.6 is 27.7 Å². The van der Waals surface area contributed by atoms with Gasteiger partial charge in [-0.1, -0.05) is 35.7 Å². The lowest BCUT2D eigenvalue weighted by atomic mass is 9.91. The fraction of sp³-hybridized carbons (Fsp3) is 0.500. The summed E-state index contributed by atoms with van der Waals surface area (Å²) in [4.78, 5) is 12.2. The molecule has 1 nitrogen and oxygen atoms in total. The Balaban J connectivity index is 2.09. The molecule has 2 unspecified atom stereocenters. The molecule has 0 amide bonds. The average molecular weight is 313 g/mol. The number of hydrogen-bond acceptors (Lipinski definition) is 2. The third kappa shape index (κ3) is 3.59. The summed E-state index contributed by atoms with van der Waals surface area (Å²) in [6.45, 7) is 2.33. The molecule has 1 aromatic carbocycles. The maximum Gasteiger partial charge on any atom is 0.151 e. The van der Waals surface area contributed by atoms with Crippen LogP contribution < -0.4 is 0 Å². The van der Waals surface area contributed by atoms with Gasteiger partial charge in [-0.3, -0.25) is 4.79 Å². The summed E-state index contributed by atoms with van der Waals surface area (Å²) in [5.41, 5.74) is 0.808. The standard InChI is InChI=1S/C14H17BrOS/c1-10-3-2-4-13(7-10)17-14-6-5-12(15)8-11(14)9-16/h5-6,8-10,13H,2-4,7H2,1H3. The number of halogens is 1. The van der Waals surface area contributed by atoms with Crippen LogP contribution in [0.5, 0.6) is 0 Å². The fourth-order valence-corrected chi connectivity index (χ4v) is 4.22. The van der Waals surface area contributed by atoms with E-state index < -0.39 is 0 Å². The van der Waals surface area contributed by atoms with Gasteiger partial charge in [-0.2, -0.15) is 0 Å². The Kier molecular flexibility index (Phi) is 4.69. The summed E-state index contributed by atoms with van der Waals surface area (Å²) < 4.78 is 0.973. The number of benzene rings is 1. The number of hydrogen-bond donors (Lipinski definition) is 0. The van der Waals surface area contributed by atoms with Crippen LogP contribution in [0.4, 0.5) is 0 Å². The van der Waals surface area contributed by atoms with E-state index in [4.69, 9.17) is 0 Å². The minimum atomic E-state index is 0.679. The van der Waals surface area contributed by atoms with Gasteiger partial charge in [-0.15, -0.1) is 11.8 Å². The molecule has 1 fully saturated rings. The lowest BCUT2D eigenvalue weighted by Crippen LogP contribution is -2.15. The zero-order chi connectivity index (χ0) is 12.3. The van der Waals surface area contributed by atoms with Crippen LogP contribution in [0.3, 0.4) is 0 Å². The first-order valence-electron chi connectivity index (χ1n) is 6.10. The quantitative estimate of drug-likeness (QED) is 0.736. The molecule has 17 heavy (non-hydrogen) atoms. The van der Waals surface area contributed by atoms with E-state index in [-0.39, 0.29) is 0 Å². The molecule has 0 N–H and O–H groups in total. The topological polar surface area (TPSA) is 17.1 Å². The molecule has 0 heterocycles. The lowest BCUT2D eigenvalue weighted by Gasteiger charge is -2.26. The van der Waals surface area contributed by atoms with Gasteiger partial charge in [0, 0.05) is 20.2 Å². The van der Waals surface area contributed by atoms with E-state index in [2.05, 4.69) is 28.9 Å². The number of rotatable bonds is 3. The van der Waals surface area contributed by atoms with Crippen LogP contribution in [0.25, 0.3) is 0 Å². The van der Waals surface area contributed by atoms with Crippen molar-refractivity contribution < 1.29 is 4.79 Å². The van der Waals surface area contributed by atoms with Gasteiger partial charge in [0.1, 0.15) is 0 Å². The van der Waals surface area contributed by atoms with Crippen LogP contribution in [0.1, 0.15) is 43.0 Å². The van der Waals surface area contributed by atoms with Crippen molar-refractivity contribution in [2.45, 2.75) is 42.8 Å². The van der Waals surface area contributed by atoms with Crippen LogP contribution in [0.2, 0.25) is 0 Å². The molecule has 0 aromatic heterocycles. The second-order valence-electron chi connectivity index (χ2n) is 4.81. The van der Waals surface area contributed by atoms with Crippen LogP contribution in [-0.2, 0) is 0 Å². The van der Waals surface area contributed by atoms with E-state index in [9.17, 15) is 4.79 Å². The first-order valence-corrected chi connectivity index (χ1v) is 7.77. The van der Waals surface area contributed by atoms with E-state index in [1.807, 2.05) is 23.9 Å². The monoisotopic (exact) mass is 312 g/mol. The van der Waals surface area contributed by atoms with E-state index >= 15 is 0 Å². The molecule has 2 atom stereocenters. The molecular weight excluding hydrogens is 296 g/mol. The first-order chi connectivity index (χ1) is 8.19. The Labute approximate surface area is 115 Å². The molecule has 0 bridgehead atoms. The van der Waals surface area contributed by atoms with Gasteiger partial charge in [-0.25, -0.2) is 0 Å². The van der Waals surface area contributed by atoms with Crippen molar-refractivity contribution in [2.24, 2.45) is 5.92 Å². The zero-order valence-corrected chi connectivity index (χ0v) is 12.4. The Morgan fingerprint density at radius 1 is 1.41 bits per heavy atom. The zero-order valence-electron chi connectivity index (χ0n) is 9.99. The molecule has 3 heteroatoms. The van der Waals surface area contributed by atoms with Crippen LogP contribution in [0, 0.1) is 5.92 Å². The molecule has 0 saturated heterocycles. The Bertz CT molecular complexity index is 405. The van der Waals surface area contributed by atoms with Crippen molar-refractivity contribution in [2.75, 3.05) is 0 Å². The molecule has 1 aliphatic carbocycles.